The fraction of sp³-hybridized carbons (Fsp3) is 0.588. The van der Waals surface area contributed by atoms with Crippen molar-refractivity contribution < 1.29 is 22.8 Å². The minimum absolute atomic E-state index is 0.199. The van der Waals surface area contributed by atoms with Gasteiger partial charge in [-0.1, -0.05) is 0 Å². The maximum atomic E-state index is 12.8. The van der Waals surface area contributed by atoms with Crippen LogP contribution in [0.4, 0.5) is 23.8 Å². The van der Waals surface area contributed by atoms with Crippen molar-refractivity contribution in [3.63, 3.8) is 0 Å². The van der Waals surface area contributed by atoms with E-state index in [1.54, 1.807) is 16.7 Å². The van der Waals surface area contributed by atoms with Crippen molar-refractivity contribution in [2.24, 2.45) is 5.73 Å². The molecule has 0 radical (unpaired) electrons. The second kappa shape index (κ2) is 9.85. The molecule has 1 aliphatic heterocycles. The molecule has 156 valence electrons. The van der Waals surface area contributed by atoms with E-state index < -0.39 is 23.8 Å². The number of thioether (sulfide) groups is 1. The molecule has 0 spiro atoms. The third-order valence-electron chi connectivity index (χ3n) is 4.43. The Morgan fingerprint density at radius 1 is 1.29 bits per heavy atom. The van der Waals surface area contributed by atoms with Gasteiger partial charge in [0.25, 0.3) is 0 Å². The summed E-state index contributed by atoms with van der Waals surface area (Å²) >= 11 is 1.57. The SMILES string of the molecule is CSCCC(NC(N)=O)C(=O)N1CCCN(c2ccc(C(F)(F)F)cn2)CC1. The lowest BCUT2D eigenvalue weighted by Gasteiger charge is -2.26. The summed E-state index contributed by atoms with van der Waals surface area (Å²) in [5, 5.41) is 2.50. The molecule has 0 aromatic carbocycles. The average Bonchev–Trinajstić information content (AvgIpc) is 2.90. The van der Waals surface area contributed by atoms with Gasteiger partial charge in [0.15, 0.2) is 0 Å². The number of nitrogens with one attached hydrogen (secondary N) is 1. The zero-order valence-corrected chi connectivity index (χ0v) is 16.4. The van der Waals surface area contributed by atoms with E-state index in [4.69, 9.17) is 5.73 Å². The number of rotatable bonds is 6. The highest BCUT2D eigenvalue weighted by molar-refractivity contribution is 7.98. The van der Waals surface area contributed by atoms with Gasteiger partial charge < -0.3 is 20.9 Å². The van der Waals surface area contributed by atoms with E-state index in [2.05, 4.69) is 10.3 Å². The molecule has 1 fully saturated rings. The first-order valence-electron chi connectivity index (χ1n) is 8.84. The van der Waals surface area contributed by atoms with Crippen LogP contribution in [-0.2, 0) is 11.0 Å². The van der Waals surface area contributed by atoms with Gasteiger partial charge in [0.1, 0.15) is 11.9 Å². The number of carbonyl (C=O) groups is 2. The predicted molar refractivity (Wildman–Crippen MR) is 102 cm³/mol. The predicted octanol–water partition coefficient (Wildman–Crippen LogP) is 1.93. The first kappa shape index (κ1) is 22.1. The quantitative estimate of drug-likeness (QED) is 0.735. The van der Waals surface area contributed by atoms with Crippen molar-refractivity contribution in [3.05, 3.63) is 23.9 Å². The Balaban J connectivity index is 2.01. The lowest BCUT2D eigenvalue weighted by Crippen LogP contribution is -2.51. The number of hydrogen-bond acceptors (Lipinski definition) is 5. The summed E-state index contributed by atoms with van der Waals surface area (Å²) in [6.45, 7) is 1.89. The van der Waals surface area contributed by atoms with Crippen molar-refractivity contribution in [3.8, 4) is 0 Å². The fourth-order valence-corrected chi connectivity index (χ4v) is 3.46. The summed E-state index contributed by atoms with van der Waals surface area (Å²) in [5.74, 6) is 0.943. The van der Waals surface area contributed by atoms with Crippen molar-refractivity contribution in [2.75, 3.05) is 43.1 Å². The highest BCUT2D eigenvalue weighted by Gasteiger charge is 2.31. The zero-order chi connectivity index (χ0) is 20.7. The monoisotopic (exact) mass is 419 g/mol. The Kier molecular flexibility index (Phi) is 7.78. The van der Waals surface area contributed by atoms with Gasteiger partial charge in [-0.05, 0) is 37.0 Å². The first-order chi connectivity index (χ1) is 13.2. The highest BCUT2D eigenvalue weighted by Crippen LogP contribution is 2.29. The summed E-state index contributed by atoms with van der Waals surface area (Å²) in [7, 11) is 0. The van der Waals surface area contributed by atoms with E-state index in [9.17, 15) is 22.8 Å². The fourth-order valence-electron chi connectivity index (χ4n) is 2.99. The molecular weight excluding hydrogens is 395 g/mol. The Morgan fingerprint density at radius 2 is 2.04 bits per heavy atom. The first-order valence-corrected chi connectivity index (χ1v) is 10.2. The van der Waals surface area contributed by atoms with E-state index in [0.717, 1.165) is 12.3 Å². The highest BCUT2D eigenvalue weighted by atomic mass is 32.2. The molecule has 1 unspecified atom stereocenters. The smallest absolute Gasteiger partial charge is 0.355 e. The van der Waals surface area contributed by atoms with Crippen LogP contribution < -0.4 is 16.0 Å². The van der Waals surface area contributed by atoms with Crippen LogP contribution >= 0.6 is 11.8 Å². The number of nitrogens with zero attached hydrogens (tertiary/aromatic N) is 3. The van der Waals surface area contributed by atoms with E-state index in [1.165, 1.54) is 6.07 Å². The molecule has 2 heterocycles. The van der Waals surface area contributed by atoms with E-state index in [0.29, 0.717) is 50.6 Å². The molecule has 0 saturated carbocycles. The van der Waals surface area contributed by atoms with Crippen molar-refractivity contribution in [1.29, 1.82) is 0 Å². The number of aromatic nitrogens is 1. The molecule has 1 aromatic heterocycles. The van der Waals surface area contributed by atoms with Crippen LogP contribution in [0.2, 0.25) is 0 Å². The topological polar surface area (TPSA) is 91.6 Å². The number of halogens is 3. The lowest BCUT2D eigenvalue weighted by atomic mass is 10.2. The van der Waals surface area contributed by atoms with Gasteiger partial charge in [0.05, 0.1) is 5.56 Å². The number of primary amides is 1. The van der Waals surface area contributed by atoms with Crippen LogP contribution in [0.5, 0.6) is 0 Å². The van der Waals surface area contributed by atoms with Crippen molar-refractivity contribution in [2.45, 2.75) is 25.1 Å². The number of hydrogen-bond donors (Lipinski definition) is 2. The summed E-state index contributed by atoms with van der Waals surface area (Å²) in [5.41, 5.74) is 4.39. The third kappa shape index (κ3) is 6.18. The molecular formula is C17H24F3N5O2S. The Hall–Kier alpha value is -2.17. The molecule has 3 amide bonds. The van der Waals surface area contributed by atoms with Gasteiger partial charge in [-0.3, -0.25) is 4.79 Å². The number of pyridine rings is 1. The summed E-state index contributed by atoms with van der Waals surface area (Å²) in [6.07, 6.45) is -0.582. The molecule has 28 heavy (non-hydrogen) atoms. The summed E-state index contributed by atoms with van der Waals surface area (Å²) < 4.78 is 38.0. The maximum absolute atomic E-state index is 12.8. The molecule has 0 bridgehead atoms. The molecule has 3 N–H and O–H groups in total. The standard InChI is InChI=1S/C17H24F3N5O2S/c1-28-10-5-13(23-16(21)27)15(26)25-7-2-6-24(8-9-25)14-4-3-12(11-22-14)17(18,19)20/h3-4,11,13H,2,5-10H2,1H3,(H3,21,23,27). The van der Waals surface area contributed by atoms with Crippen LogP contribution in [0.15, 0.2) is 18.3 Å². The Labute approximate surface area is 165 Å². The zero-order valence-electron chi connectivity index (χ0n) is 15.5. The maximum Gasteiger partial charge on any atom is 0.417 e. The minimum Gasteiger partial charge on any atom is -0.355 e. The number of carbonyl (C=O) groups excluding carboxylic acids is 2. The van der Waals surface area contributed by atoms with E-state index in [1.807, 2.05) is 11.2 Å². The lowest BCUT2D eigenvalue weighted by molar-refractivity contribution is -0.137. The second-order valence-corrected chi connectivity index (χ2v) is 7.40. The van der Waals surface area contributed by atoms with Crippen molar-refractivity contribution in [1.82, 2.24) is 15.2 Å². The van der Waals surface area contributed by atoms with Crippen LogP contribution in [0, 0.1) is 0 Å². The van der Waals surface area contributed by atoms with Crippen LogP contribution in [0.25, 0.3) is 0 Å². The van der Waals surface area contributed by atoms with Crippen LogP contribution in [0.3, 0.4) is 0 Å². The van der Waals surface area contributed by atoms with Crippen LogP contribution in [-0.4, -0.2) is 66.1 Å². The Bertz CT molecular complexity index is 672. The van der Waals surface area contributed by atoms with Crippen LogP contribution in [0.1, 0.15) is 18.4 Å². The molecule has 7 nitrogen and oxygen atoms in total. The number of anilines is 1. The minimum atomic E-state index is -4.42. The third-order valence-corrected chi connectivity index (χ3v) is 5.08. The van der Waals surface area contributed by atoms with Gasteiger partial charge in [-0.2, -0.15) is 24.9 Å². The average molecular weight is 419 g/mol. The summed E-state index contributed by atoms with van der Waals surface area (Å²) in [6, 6.07) is 0.923. The largest absolute Gasteiger partial charge is 0.417 e. The van der Waals surface area contributed by atoms with Crippen molar-refractivity contribution >= 4 is 29.5 Å². The second-order valence-electron chi connectivity index (χ2n) is 6.41. The molecule has 1 atom stereocenters. The number of amides is 3. The normalized spacial score (nSPS) is 16.4. The number of urea groups is 1. The number of alkyl halides is 3. The molecule has 1 aliphatic rings. The summed E-state index contributed by atoms with van der Waals surface area (Å²) in [4.78, 5) is 31.4. The van der Waals surface area contributed by atoms with Gasteiger partial charge in [0.2, 0.25) is 5.91 Å². The molecule has 2 rings (SSSR count). The van der Waals surface area contributed by atoms with Gasteiger partial charge in [-0.15, -0.1) is 0 Å². The van der Waals surface area contributed by atoms with E-state index in [-0.39, 0.29) is 5.91 Å². The van der Waals surface area contributed by atoms with Gasteiger partial charge >= 0.3 is 12.2 Å². The van der Waals surface area contributed by atoms with Gasteiger partial charge in [-0.25, -0.2) is 9.78 Å². The van der Waals surface area contributed by atoms with Gasteiger partial charge in [0, 0.05) is 32.4 Å². The molecule has 1 aromatic rings. The molecule has 11 heteroatoms. The molecule has 1 saturated heterocycles. The molecule has 0 aliphatic carbocycles. The number of nitrogens with two attached hydrogens (primary N) is 1. The Morgan fingerprint density at radius 3 is 2.61 bits per heavy atom. The van der Waals surface area contributed by atoms with E-state index >= 15 is 0 Å².